The fourth-order valence-electron chi connectivity index (χ4n) is 4.78. The van der Waals surface area contributed by atoms with Crippen LogP contribution in [-0.2, 0) is 4.74 Å². The van der Waals surface area contributed by atoms with Crippen molar-refractivity contribution < 1.29 is 9.53 Å². The van der Waals surface area contributed by atoms with Crippen molar-refractivity contribution in [3.63, 3.8) is 0 Å². The summed E-state index contributed by atoms with van der Waals surface area (Å²) in [5, 5.41) is 6.95. The van der Waals surface area contributed by atoms with Gasteiger partial charge in [0.2, 0.25) is 0 Å². The second-order valence-electron chi connectivity index (χ2n) is 10.6. The third kappa shape index (κ3) is 5.38. The number of H-pyrrole nitrogens is 2. The largest absolute Gasteiger partial charge is 0.443 e. The van der Waals surface area contributed by atoms with Crippen LogP contribution in [0.2, 0.25) is 0 Å². The Hall–Kier alpha value is -3.84. The summed E-state index contributed by atoms with van der Waals surface area (Å²) in [5.41, 5.74) is 10.2. The minimum absolute atomic E-state index is 0.294. The summed E-state index contributed by atoms with van der Waals surface area (Å²) in [4.78, 5) is 19.6. The molecule has 5 aromatic rings. The van der Waals surface area contributed by atoms with Crippen molar-refractivity contribution in [2.45, 2.75) is 46.1 Å². The number of aromatic amines is 2. The van der Waals surface area contributed by atoms with E-state index in [-0.39, 0.29) is 5.92 Å². The predicted molar refractivity (Wildman–Crippen MR) is 158 cm³/mol. The first-order valence-corrected chi connectivity index (χ1v) is 13.4. The van der Waals surface area contributed by atoms with Crippen LogP contribution in [0.15, 0.2) is 82.6 Å². The van der Waals surface area contributed by atoms with Gasteiger partial charge in [-0.15, -0.1) is 0 Å². The number of hydrogen-bond acceptors (Lipinski definition) is 3. The monoisotopic (exact) mass is 570 g/mol. The smallest absolute Gasteiger partial charge is 0.428 e. The standard InChI is InChI=1S/C31H31BrN4O2/c1-18-6-12-26-22(14-18)24(16-33-26)28(25-17-34-27-13-7-19(2)15-23(25)27)29(20-8-10-21(32)11-9-20)35-36-30(37)38-31(3,4)5/h6-17,28,33-34H,1-5H3,(H,36,37)/b35-29+. The lowest BCUT2D eigenvalue weighted by atomic mass is 9.83. The molecule has 0 aliphatic carbocycles. The molecular weight excluding hydrogens is 540 g/mol. The van der Waals surface area contributed by atoms with E-state index in [2.05, 4.69) is 81.6 Å². The molecule has 0 atom stereocenters. The number of fused-ring (bicyclic) bond motifs is 2. The van der Waals surface area contributed by atoms with Crippen molar-refractivity contribution in [3.8, 4) is 0 Å². The molecule has 1 amide bonds. The molecule has 0 fully saturated rings. The highest BCUT2D eigenvalue weighted by Gasteiger charge is 2.28. The molecule has 6 nitrogen and oxygen atoms in total. The molecule has 0 bridgehead atoms. The zero-order valence-corrected chi connectivity index (χ0v) is 23.7. The van der Waals surface area contributed by atoms with Gasteiger partial charge in [-0.25, -0.2) is 10.2 Å². The molecule has 3 aromatic carbocycles. The second kappa shape index (κ2) is 10.1. The van der Waals surface area contributed by atoms with Crippen LogP contribution in [0.1, 0.15) is 54.5 Å². The van der Waals surface area contributed by atoms with E-state index >= 15 is 0 Å². The fraction of sp³-hybridized carbons (Fsp3) is 0.226. The maximum Gasteiger partial charge on any atom is 0.428 e. The number of halogens is 1. The number of benzene rings is 3. The Kier molecular flexibility index (Phi) is 6.88. The first-order valence-electron chi connectivity index (χ1n) is 12.6. The average Bonchev–Trinajstić information content (AvgIpc) is 3.45. The van der Waals surface area contributed by atoms with E-state index in [1.165, 1.54) is 11.1 Å². The van der Waals surface area contributed by atoms with Gasteiger partial charge >= 0.3 is 6.09 Å². The predicted octanol–water partition coefficient (Wildman–Crippen LogP) is 8.09. The maximum absolute atomic E-state index is 12.7. The molecule has 0 saturated carbocycles. The summed E-state index contributed by atoms with van der Waals surface area (Å²) in [6.07, 6.45) is 3.49. The topological polar surface area (TPSA) is 82.3 Å². The van der Waals surface area contributed by atoms with E-state index in [0.29, 0.717) is 5.71 Å². The first kappa shape index (κ1) is 25.8. The van der Waals surface area contributed by atoms with Crippen LogP contribution < -0.4 is 5.43 Å². The number of nitrogens with one attached hydrogen (secondary N) is 3. The SMILES string of the molecule is Cc1ccc2[nH]cc(C(/C(=N/NC(=O)OC(C)(C)C)c3ccc(Br)cc3)c3c[nH]c4ccc(C)cc34)c2c1. The van der Waals surface area contributed by atoms with E-state index in [4.69, 9.17) is 9.84 Å². The lowest BCUT2D eigenvalue weighted by Crippen LogP contribution is -2.31. The van der Waals surface area contributed by atoms with Crippen molar-refractivity contribution in [1.82, 2.24) is 15.4 Å². The molecule has 7 heteroatoms. The van der Waals surface area contributed by atoms with Crippen LogP contribution in [0.25, 0.3) is 21.8 Å². The van der Waals surface area contributed by atoms with Crippen molar-refractivity contribution in [2.75, 3.05) is 0 Å². The zero-order valence-electron chi connectivity index (χ0n) is 22.1. The molecule has 0 unspecified atom stereocenters. The molecule has 2 aromatic heterocycles. The number of rotatable bonds is 5. The molecule has 0 radical (unpaired) electrons. The molecular formula is C31H31BrN4O2. The number of amides is 1. The fourth-order valence-corrected chi connectivity index (χ4v) is 5.04. The summed E-state index contributed by atoms with van der Waals surface area (Å²) < 4.78 is 6.46. The number of hydrogen-bond donors (Lipinski definition) is 3. The number of carbonyl (C=O) groups is 1. The Morgan fingerprint density at radius 2 is 1.39 bits per heavy atom. The molecule has 0 saturated heterocycles. The summed E-state index contributed by atoms with van der Waals surface area (Å²) in [6, 6.07) is 20.7. The molecule has 0 aliphatic heterocycles. The minimum Gasteiger partial charge on any atom is -0.443 e. The van der Waals surface area contributed by atoms with E-state index in [9.17, 15) is 4.79 Å². The van der Waals surface area contributed by atoms with Gasteiger partial charge in [0.05, 0.1) is 11.6 Å². The summed E-state index contributed by atoms with van der Waals surface area (Å²) in [6.45, 7) is 9.67. The lowest BCUT2D eigenvalue weighted by Gasteiger charge is -2.22. The van der Waals surface area contributed by atoms with Gasteiger partial charge in [-0.3, -0.25) is 0 Å². The van der Waals surface area contributed by atoms with E-state index in [1.807, 2.05) is 57.4 Å². The molecule has 0 aliphatic rings. The van der Waals surface area contributed by atoms with Crippen molar-refractivity contribution in [1.29, 1.82) is 0 Å². The third-order valence-electron chi connectivity index (χ3n) is 6.44. The third-order valence-corrected chi connectivity index (χ3v) is 6.97. The van der Waals surface area contributed by atoms with Crippen molar-refractivity contribution >= 4 is 49.5 Å². The van der Waals surface area contributed by atoms with Crippen molar-refractivity contribution in [2.24, 2.45) is 5.10 Å². The highest BCUT2D eigenvalue weighted by atomic mass is 79.9. The molecule has 5 rings (SSSR count). The van der Waals surface area contributed by atoms with Gasteiger partial charge in [-0.05, 0) is 87.7 Å². The molecule has 38 heavy (non-hydrogen) atoms. The van der Waals surface area contributed by atoms with Crippen LogP contribution in [0.5, 0.6) is 0 Å². The van der Waals surface area contributed by atoms with Crippen LogP contribution in [0.3, 0.4) is 0 Å². The number of ether oxygens (including phenoxy) is 1. The van der Waals surface area contributed by atoms with Crippen LogP contribution in [-0.4, -0.2) is 27.4 Å². The Labute approximate surface area is 230 Å². The summed E-state index contributed by atoms with van der Waals surface area (Å²) in [5.74, 6) is -0.294. The highest BCUT2D eigenvalue weighted by Crippen LogP contribution is 2.38. The van der Waals surface area contributed by atoms with E-state index < -0.39 is 11.7 Å². The highest BCUT2D eigenvalue weighted by molar-refractivity contribution is 9.10. The zero-order chi connectivity index (χ0) is 27.0. The normalized spacial score (nSPS) is 12.4. The van der Waals surface area contributed by atoms with Gasteiger partial charge in [-0.2, -0.15) is 5.10 Å². The van der Waals surface area contributed by atoms with Gasteiger partial charge in [0.25, 0.3) is 0 Å². The quantitative estimate of drug-likeness (QED) is 0.147. The molecule has 194 valence electrons. The molecule has 2 heterocycles. The van der Waals surface area contributed by atoms with Crippen LogP contribution >= 0.6 is 15.9 Å². The Balaban J connectivity index is 1.76. The number of carbonyl (C=O) groups excluding carboxylic acids is 1. The Bertz CT molecular complexity index is 1580. The number of hydrazone groups is 1. The second-order valence-corrected chi connectivity index (χ2v) is 11.6. The van der Waals surface area contributed by atoms with E-state index in [0.717, 1.165) is 43.0 Å². The van der Waals surface area contributed by atoms with Crippen molar-refractivity contribution in [3.05, 3.63) is 105 Å². The van der Waals surface area contributed by atoms with Gasteiger partial charge in [0.1, 0.15) is 5.60 Å². The van der Waals surface area contributed by atoms with Crippen LogP contribution in [0, 0.1) is 13.8 Å². The Morgan fingerprint density at radius 1 is 0.868 bits per heavy atom. The lowest BCUT2D eigenvalue weighted by molar-refractivity contribution is 0.0529. The Morgan fingerprint density at radius 3 is 1.89 bits per heavy atom. The van der Waals surface area contributed by atoms with Gasteiger partial charge in [-0.1, -0.05) is 51.3 Å². The summed E-state index contributed by atoms with van der Waals surface area (Å²) >= 11 is 3.55. The number of aryl methyl sites for hydroxylation is 2. The van der Waals surface area contributed by atoms with Gasteiger partial charge < -0.3 is 14.7 Å². The van der Waals surface area contributed by atoms with Gasteiger partial charge in [0, 0.05) is 38.7 Å². The molecule has 0 spiro atoms. The van der Waals surface area contributed by atoms with Crippen LogP contribution in [0.4, 0.5) is 4.79 Å². The summed E-state index contributed by atoms with van der Waals surface area (Å²) in [7, 11) is 0. The first-order chi connectivity index (χ1) is 18.1. The maximum atomic E-state index is 12.7. The minimum atomic E-state index is -0.639. The number of nitrogens with zero attached hydrogens (tertiary/aromatic N) is 1. The molecule has 3 N–H and O–H groups in total. The van der Waals surface area contributed by atoms with E-state index in [1.54, 1.807) is 0 Å². The number of aromatic nitrogens is 2. The average molecular weight is 572 g/mol. The van der Waals surface area contributed by atoms with Gasteiger partial charge in [0.15, 0.2) is 0 Å².